The molecule has 1 aliphatic rings. The van der Waals surface area contributed by atoms with Gasteiger partial charge in [-0.05, 0) is 29.3 Å². The number of carboxylic acid groups (broad SMARTS) is 2. The van der Waals surface area contributed by atoms with Gasteiger partial charge in [0.25, 0.3) is 0 Å². The third-order valence-corrected chi connectivity index (χ3v) is 3.70. The molecule has 2 rings (SSSR count). The minimum Gasteiger partial charge on any atom is -0.481 e. The third-order valence-electron chi connectivity index (χ3n) is 2.74. The molecule has 0 amide bonds. The Morgan fingerprint density at radius 2 is 2.20 bits per heavy atom. The Kier molecular flexibility index (Phi) is 2.48. The number of rotatable bonds is 3. The molecule has 1 aromatic rings. The maximum absolute atomic E-state index is 11.1. The molecule has 1 aliphatic carbocycles. The van der Waals surface area contributed by atoms with Crippen molar-refractivity contribution in [1.29, 1.82) is 0 Å². The van der Waals surface area contributed by atoms with Crippen LogP contribution in [0.3, 0.4) is 0 Å². The zero-order valence-corrected chi connectivity index (χ0v) is 8.66. The molecule has 0 spiro atoms. The van der Waals surface area contributed by atoms with Gasteiger partial charge in [0.2, 0.25) is 0 Å². The molecule has 0 aromatic carbocycles. The van der Waals surface area contributed by atoms with Crippen LogP contribution in [0.5, 0.6) is 0 Å². The molecule has 80 valence electrons. The van der Waals surface area contributed by atoms with Crippen LogP contribution in [0.4, 0.5) is 0 Å². The molecule has 4 nitrogen and oxygen atoms in total. The van der Waals surface area contributed by atoms with E-state index in [-0.39, 0.29) is 12.3 Å². The maximum Gasteiger partial charge on any atom is 0.311 e. The van der Waals surface area contributed by atoms with Crippen LogP contribution in [0.2, 0.25) is 0 Å². The highest BCUT2D eigenvalue weighted by atomic mass is 32.1. The number of carboxylic acids is 2. The van der Waals surface area contributed by atoms with Gasteiger partial charge in [0.1, 0.15) is 0 Å². The second-order valence-corrected chi connectivity index (χ2v) is 4.68. The van der Waals surface area contributed by atoms with Gasteiger partial charge in [-0.1, -0.05) is 0 Å². The topological polar surface area (TPSA) is 74.6 Å². The maximum atomic E-state index is 11.1. The number of thiophene rings is 1. The van der Waals surface area contributed by atoms with Gasteiger partial charge in [-0.2, -0.15) is 0 Å². The van der Waals surface area contributed by atoms with Gasteiger partial charge in [0.05, 0.1) is 5.92 Å². The summed E-state index contributed by atoms with van der Waals surface area (Å²) in [7, 11) is 0. The first kappa shape index (κ1) is 10.2. The lowest BCUT2D eigenvalue weighted by atomic mass is 9.90. The van der Waals surface area contributed by atoms with Crippen molar-refractivity contribution in [3.05, 3.63) is 21.9 Å². The molecule has 15 heavy (non-hydrogen) atoms. The standard InChI is InChI=1S/C10H10O4S/c11-8(12)4-5-3-7-6(1-2-15-7)9(5)10(13)14/h1-2,5,9H,3-4H2,(H,11,12)(H,13,14). The zero-order chi connectivity index (χ0) is 11.0. The molecule has 0 bridgehead atoms. The Balaban J connectivity index is 2.27. The van der Waals surface area contributed by atoms with E-state index in [1.807, 2.05) is 5.38 Å². The summed E-state index contributed by atoms with van der Waals surface area (Å²) in [5.74, 6) is -2.77. The van der Waals surface area contributed by atoms with Crippen molar-refractivity contribution in [1.82, 2.24) is 0 Å². The van der Waals surface area contributed by atoms with Gasteiger partial charge in [-0.25, -0.2) is 0 Å². The van der Waals surface area contributed by atoms with Crippen LogP contribution in [0.25, 0.3) is 0 Å². The predicted molar refractivity (Wildman–Crippen MR) is 54.1 cm³/mol. The zero-order valence-electron chi connectivity index (χ0n) is 7.84. The summed E-state index contributed by atoms with van der Waals surface area (Å²) >= 11 is 1.51. The van der Waals surface area contributed by atoms with Crippen molar-refractivity contribution >= 4 is 23.3 Å². The van der Waals surface area contributed by atoms with Gasteiger partial charge in [0, 0.05) is 11.3 Å². The van der Waals surface area contributed by atoms with Gasteiger partial charge < -0.3 is 10.2 Å². The van der Waals surface area contributed by atoms with Crippen LogP contribution in [0.1, 0.15) is 22.8 Å². The van der Waals surface area contributed by atoms with Crippen LogP contribution in [-0.2, 0) is 16.0 Å². The summed E-state index contributed by atoms with van der Waals surface area (Å²) in [5.41, 5.74) is 0.804. The second kappa shape index (κ2) is 3.66. The van der Waals surface area contributed by atoms with E-state index in [1.54, 1.807) is 6.07 Å². The van der Waals surface area contributed by atoms with Crippen molar-refractivity contribution < 1.29 is 19.8 Å². The summed E-state index contributed by atoms with van der Waals surface area (Å²) in [6.07, 6.45) is 0.509. The SMILES string of the molecule is O=C(O)CC1Cc2sccc2C1C(=O)O. The Bertz CT molecular complexity index is 409. The number of fused-ring (bicyclic) bond motifs is 1. The quantitative estimate of drug-likeness (QED) is 0.820. The fraction of sp³-hybridized carbons (Fsp3) is 0.400. The average molecular weight is 226 g/mol. The van der Waals surface area contributed by atoms with E-state index in [0.717, 1.165) is 10.4 Å². The molecule has 0 radical (unpaired) electrons. The lowest BCUT2D eigenvalue weighted by Gasteiger charge is -2.13. The lowest BCUT2D eigenvalue weighted by molar-refractivity contribution is -0.141. The summed E-state index contributed by atoms with van der Waals surface area (Å²) in [6, 6.07) is 1.79. The summed E-state index contributed by atoms with van der Waals surface area (Å²) in [6.45, 7) is 0. The number of hydrogen-bond acceptors (Lipinski definition) is 3. The van der Waals surface area contributed by atoms with E-state index in [2.05, 4.69) is 0 Å². The average Bonchev–Trinajstić information content (AvgIpc) is 2.60. The fourth-order valence-electron chi connectivity index (χ4n) is 2.15. The molecule has 0 aliphatic heterocycles. The molecule has 0 fully saturated rings. The van der Waals surface area contributed by atoms with Gasteiger partial charge >= 0.3 is 11.9 Å². The van der Waals surface area contributed by atoms with E-state index < -0.39 is 17.9 Å². The summed E-state index contributed by atoms with van der Waals surface area (Å²) in [4.78, 5) is 22.7. The van der Waals surface area contributed by atoms with E-state index in [1.165, 1.54) is 11.3 Å². The van der Waals surface area contributed by atoms with Crippen LogP contribution < -0.4 is 0 Å². The highest BCUT2D eigenvalue weighted by Crippen LogP contribution is 2.42. The third kappa shape index (κ3) is 1.74. The number of carbonyl (C=O) groups is 2. The van der Waals surface area contributed by atoms with Crippen LogP contribution in [0.15, 0.2) is 11.4 Å². The van der Waals surface area contributed by atoms with Gasteiger partial charge in [0.15, 0.2) is 0 Å². The molecule has 1 heterocycles. The van der Waals surface area contributed by atoms with E-state index in [0.29, 0.717) is 6.42 Å². The first-order valence-electron chi connectivity index (χ1n) is 4.60. The Labute approximate surface area is 90.2 Å². The first-order valence-corrected chi connectivity index (χ1v) is 5.48. The highest BCUT2D eigenvalue weighted by Gasteiger charge is 2.39. The van der Waals surface area contributed by atoms with Gasteiger partial charge in [-0.3, -0.25) is 9.59 Å². The van der Waals surface area contributed by atoms with E-state index in [9.17, 15) is 9.59 Å². The molecule has 1 aromatic heterocycles. The Hall–Kier alpha value is -1.36. The van der Waals surface area contributed by atoms with E-state index >= 15 is 0 Å². The smallest absolute Gasteiger partial charge is 0.311 e. The molecule has 2 N–H and O–H groups in total. The predicted octanol–water partition coefficient (Wildman–Crippen LogP) is 1.56. The van der Waals surface area contributed by atoms with Crippen molar-refractivity contribution in [2.75, 3.05) is 0 Å². The molecule has 2 unspecified atom stereocenters. The van der Waals surface area contributed by atoms with Gasteiger partial charge in [-0.15, -0.1) is 11.3 Å². The fourth-order valence-corrected chi connectivity index (χ4v) is 3.17. The molecular weight excluding hydrogens is 216 g/mol. The Morgan fingerprint density at radius 3 is 2.80 bits per heavy atom. The second-order valence-electron chi connectivity index (χ2n) is 3.68. The van der Waals surface area contributed by atoms with Crippen LogP contribution in [-0.4, -0.2) is 22.2 Å². The van der Waals surface area contributed by atoms with Crippen molar-refractivity contribution in [2.45, 2.75) is 18.8 Å². The number of hydrogen-bond donors (Lipinski definition) is 2. The summed E-state index contributed by atoms with van der Waals surface area (Å²) in [5, 5.41) is 19.6. The van der Waals surface area contributed by atoms with Crippen LogP contribution in [0, 0.1) is 5.92 Å². The highest BCUT2D eigenvalue weighted by molar-refractivity contribution is 7.10. The first-order chi connectivity index (χ1) is 7.09. The van der Waals surface area contributed by atoms with Crippen molar-refractivity contribution in [3.63, 3.8) is 0 Å². The largest absolute Gasteiger partial charge is 0.481 e. The lowest BCUT2D eigenvalue weighted by Crippen LogP contribution is -2.20. The van der Waals surface area contributed by atoms with Crippen molar-refractivity contribution in [3.8, 4) is 0 Å². The Morgan fingerprint density at radius 1 is 1.47 bits per heavy atom. The number of aliphatic carboxylic acids is 2. The van der Waals surface area contributed by atoms with Crippen LogP contribution >= 0.6 is 11.3 Å². The normalized spacial score (nSPS) is 23.7. The molecule has 0 saturated carbocycles. The molecule has 0 saturated heterocycles. The minimum atomic E-state index is -0.929. The molecule has 2 atom stereocenters. The van der Waals surface area contributed by atoms with E-state index in [4.69, 9.17) is 10.2 Å². The minimum absolute atomic E-state index is 0.0711. The molecule has 5 heteroatoms. The molecular formula is C10H10O4S. The monoisotopic (exact) mass is 226 g/mol. The summed E-state index contributed by atoms with van der Waals surface area (Å²) < 4.78 is 0. The van der Waals surface area contributed by atoms with Crippen molar-refractivity contribution in [2.24, 2.45) is 5.92 Å².